The van der Waals surface area contributed by atoms with Crippen molar-refractivity contribution in [3.05, 3.63) is 60.7 Å². The highest BCUT2D eigenvalue weighted by molar-refractivity contribution is 5.68. The Balaban J connectivity index is 1.67. The maximum absolute atomic E-state index is 4.83. The van der Waals surface area contributed by atoms with E-state index in [1.165, 1.54) is 18.5 Å². The van der Waals surface area contributed by atoms with E-state index < -0.39 is 0 Å². The first-order valence-corrected chi connectivity index (χ1v) is 9.43. The van der Waals surface area contributed by atoms with E-state index >= 15 is 0 Å². The molecule has 0 saturated carbocycles. The molecule has 0 radical (unpaired) electrons. The highest BCUT2D eigenvalue weighted by Gasteiger charge is 2.17. The molecule has 0 bridgehead atoms. The van der Waals surface area contributed by atoms with Crippen LogP contribution in [0.25, 0.3) is 11.3 Å². The molecule has 2 aromatic carbocycles. The lowest BCUT2D eigenvalue weighted by atomic mass is 10.1. The monoisotopic (exact) mass is 359 g/mol. The van der Waals surface area contributed by atoms with Crippen molar-refractivity contribution in [1.29, 1.82) is 0 Å². The molecule has 0 spiro atoms. The van der Waals surface area contributed by atoms with Crippen LogP contribution in [0.2, 0.25) is 0 Å². The number of hydrogen-bond acceptors (Lipinski definition) is 5. The van der Waals surface area contributed by atoms with Crippen molar-refractivity contribution in [2.75, 3.05) is 42.3 Å². The Bertz CT molecular complexity index is 884. The standard InChI is InChI=1S/C22H25N5/c1-26(2)19-12-10-18(11-13-19)23-21-16-20(17-8-4-3-5-9-17)24-22(25-21)27-14-6-7-15-27/h3-5,8-13,16H,6-7,14-15H2,1-2H3,(H,23,24,25). The summed E-state index contributed by atoms with van der Waals surface area (Å²) in [5, 5.41) is 3.45. The molecule has 4 rings (SSSR count). The van der Waals surface area contributed by atoms with Crippen molar-refractivity contribution in [3.63, 3.8) is 0 Å². The average Bonchev–Trinajstić information content (AvgIpc) is 3.24. The van der Waals surface area contributed by atoms with E-state index in [9.17, 15) is 0 Å². The van der Waals surface area contributed by atoms with E-state index in [1.807, 2.05) is 38.4 Å². The van der Waals surface area contributed by atoms with Gasteiger partial charge in [-0.05, 0) is 37.1 Å². The quantitative estimate of drug-likeness (QED) is 0.724. The molecule has 1 N–H and O–H groups in total. The van der Waals surface area contributed by atoms with Crippen LogP contribution in [0.3, 0.4) is 0 Å². The Hall–Kier alpha value is -3.08. The predicted molar refractivity (Wildman–Crippen MR) is 113 cm³/mol. The van der Waals surface area contributed by atoms with Crippen LogP contribution in [0.4, 0.5) is 23.1 Å². The smallest absolute Gasteiger partial charge is 0.227 e. The minimum Gasteiger partial charge on any atom is -0.378 e. The van der Waals surface area contributed by atoms with Gasteiger partial charge in [0.05, 0.1) is 5.69 Å². The van der Waals surface area contributed by atoms with Crippen molar-refractivity contribution in [3.8, 4) is 11.3 Å². The lowest BCUT2D eigenvalue weighted by Crippen LogP contribution is -2.21. The van der Waals surface area contributed by atoms with E-state index in [0.29, 0.717) is 0 Å². The van der Waals surface area contributed by atoms with E-state index in [4.69, 9.17) is 9.97 Å². The molecule has 5 heteroatoms. The minimum atomic E-state index is 0.807. The third-order valence-corrected chi connectivity index (χ3v) is 4.83. The first-order chi connectivity index (χ1) is 13.2. The zero-order valence-corrected chi connectivity index (χ0v) is 15.9. The van der Waals surface area contributed by atoms with Gasteiger partial charge in [0.1, 0.15) is 5.82 Å². The molecular formula is C22H25N5. The highest BCUT2D eigenvalue weighted by Crippen LogP contribution is 2.27. The molecule has 1 fully saturated rings. The number of nitrogens with zero attached hydrogens (tertiary/aromatic N) is 4. The fourth-order valence-corrected chi connectivity index (χ4v) is 3.30. The predicted octanol–water partition coefficient (Wildman–Crippen LogP) is 4.55. The Labute approximate surface area is 160 Å². The summed E-state index contributed by atoms with van der Waals surface area (Å²) in [5.41, 5.74) is 4.24. The molecule has 1 aromatic heterocycles. The van der Waals surface area contributed by atoms with Gasteiger partial charge in [0.25, 0.3) is 0 Å². The van der Waals surface area contributed by atoms with Crippen LogP contribution >= 0.6 is 0 Å². The first kappa shape index (κ1) is 17.3. The summed E-state index contributed by atoms with van der Waals surface area (Å²) in [6.45, 7) is 2.05. The van der Waals surface area contributed by atoms with E-state index in [2.05, 4.69) is 51.5 Å². The third kappa shape index (κ3) is 4.03. The second kappa shape index (κ2) is 7.66. The first-order valence-electron chi connectivity index (χ1n) is 9.43. The maximum atomic E-state index is 4.83. The molecule has 3 aromatic rings. The van der Waals surface area contributed by atoms with Gasteiger partial charge in [0, 0.05) is 50.2 Å². The Kier molecular flexibility index (Phi) is 4.92. The normalized spacial score (nSPS) is 13.6. The van der Waals surface area contributed by atoms with Gasteiger partial charge in [-0.25, -0.2) is 4.98 Å². The number of aromatic nitrogens is 2. The van der Waals surface area contributed by atoms with Crippen LogP contribution in [0.5, 0.6) is 0 Å². The molecule has 27 heavy (non-hydrogen) atoms. The van der Waals surface area contributed by atoms with Crippen LogP contribution < -0.4 is 15.1 Å². The zero-order valence-electron chi connectivity index (χ0n) is 15.9. The Morgan fingerprint density at radius 2 is 1.59 bits per heavy atom. The molecule has 5 nitrogen and oxygen atoms in total. The lowest BCUT2D eigenvalue weighted by molar-refractivity contribution is 0.902. The summed E-state index contributed by atoms with van der Waals surface area (Å²) in [6.07, 6.45) is 2.40. The molecule has 0 aliphatic carbocycles. The van der Waals surface area contributed by atoms with Crippen molar-refractivity contribution in [2.24, 2.45) is 0 Å². The van der Waals surface area contributed by atoms with Crippen LogP contribution in [-0.2, 0) is 0 Å². The van der Waals surface area contributed by atoms with E-state index in [0.717, 1.165) is 41.8 Å². The van der Waals surface area contributed by atoms with E-state index in [1.54, 1.807) is 0 Å². The van der Waals surface area contributed by atoms with Gasteiger partial charge in [0.15, 0.2) is 0 Å². The fourth-order valence-electron chi connectivity index (χ4n) is 3.30. The van der Waals surface area contributed by atoms with Gasteiger partial charge < -0.3 is 15.1 Å². The summed E-state index contributed by atoms with van der Waals surface area (Å²) in [5.74, 6) is 1.63. The molecule has 0 amide bonds. The number of benzene rings is 2. The van der Waals surface area contributed by atoms with E-state index in [-0.39, 0.29) is 0 Å². The summed E-state index contributed by atoms with van der Waals surface area (Å²) in [4.78, 5) is 14.0. The van der Waals surface area contributed by atoms with Crippen molar-refractivity contribution in [1.82, 2.24) is 9.97 Å². The van der Waals surface area contributed by atoms with Crippen LogP contribution in [0.15, 0.2) is 60.7 Å². The molecule has 1 aliphatic heterocycles. The van der Waals surface area contributed by atoms with Gasteiger partial charge >= 0.3 is 0 Å². The zero-order chi connectivity index (χ0) is 18.6. The van der Waals surface area contributed by atoms with Crippen LogP contribution in [-0.4, -0.2) is 37.2 Å². The lowest BCUT2D eigenvalue weighted by Gasteiger charge is -2.18. The molecule has 0 atom stereocenters. The number of hydrogen-bond donors (Lipinski definition) is 1. The van der Waals surface area contributed by atoms with Gasteiger partial charge in [-0.15, -0.1) is 0 Å². The minimum absolute atomic E-state index is 0.807. The molecule has 1 aliphatic rings. The molecule has 1 saturated heterocycles. The fraction of sp³-hybridized carbons (Fsp3) is 0.273. The molecule has 2 heterocycles. The van der Waals surface area contributed by atoms with Crippen molar-refractivity contribution in [2.45, 2.75) is 12.8 Å². The van der Waals surface area contributed by atoms with Crippen LogP contribution in [0.1, 0.15) is 12.8 Å². The number of rotatable bonds is 5. The number of anilines is 4. The summed E-state index contributed by atoms with van der Waals surface area (Å²) >= 11 is 0. The largest absolute Gasteiger partial charge is 0.378 e. The molecule has 138 valence electrons. The van der Waals surface area contributed by atoms with Gasteiger partial charge in [-0.1, -0.05) is 30.3 Å². The second-order valence-corrected chi connectivity index (χ2v) is 7.06. The summed E-state index contributed by atoms with van der Waals surface area (Å²) in [7, 11) is 4.09. The topological polar surface area (TPSA) is 44.3 Å². The summed E-state index contributed by atoms with van der Waals surface area (Å²) in [6, 6.07) is 20.7. The summed E-state index contributed by atoms with van der Waals surface area (Å²) < 4.78 is 0. The second-order valence-electron chi connectivity index (χ2n) is 7.06. The van der Waals surface area contributed by atoms with Gasteiger partial charge in [-0.3, -0.25) is 0 Å². The van der Waals surface area contributed by atoms with Crippen molar-refractivity contribution >= 4 is 23.1 Å². The van der Waals surface area contributed by atoms with Crippen LogP contribution in [0, 0.1) is 0 Å². The Morgan fingerprint density at radius 3 is 2.26 bits per heavy atom. The van der Waals surface area contributed by atoms with Gasteiger partial charge in [-0.2, -0.15) is 4.98 Å². The Morgan fingerprint density at radius 1 is 0.889 bits per heavy atom. The SMILES string of the molecule is CN(C)c1ccc(Nc2cc(-c3ccccc3)nc(N3CCCC3)n2)cc1. The van der Waals surface area contributed by atoms with Gasteiger partial charge in [0.2, 0.25) is 5.95 Å². The maximum Gasteiger partial charge on any atom is 0.227 e. The third-order valence-electron chi connectivity index (χ3n) is 4.83. The average molecular weight is 359 g/mol. The highest BCUT2D eigenvalue weighted by atomic mass is 15.3. The number of nitrogens with one attached hydrogen (secondary N) is 1. The molecule has 0 unspecified atom stereocenters. The van der Waals surface area contributed by atoms with Crippen molar-refractivity contribution < 1.29 is 0 Å². The molecular weight excluding hydrogens is 334 g/mol.